The van der Waals surface area contributed by atoms with Crippen molar-refractivity contribution in [2.45, 2.75) is 19.6 Å². The van der Waals surface area contributed by atoms with Gasteiger partial charge in [-0.25, -0.2) is 0 Å². The van der Waals surface area contributed by atoms with Gasteiger partial charge in [0.1, 0.15) is 17.9 Å². The highest BCUT2D eigenvalue weighted by Gasteiger charge is 2.14. The van der Waals surface area contributed by atoms with E-state index in [1.807, 2.05) is 36.4 Å². The van der Waals surface area contributed by atoms with Gasteiger partial charge in [-0.3, -0.25) is 9.59 Å². The minimum atomic E-state index is -0.917. The normalized spacial score (nSPS) is 10.9. The average Bonchev–Trinajstić information content (AvgIpc) is 3.21. The highest BCUT2D eigenvalue weighted by molar-refractivity contribution is 5.96. The summed E-state index contributed by atoms with van der Waals surface area (Å²) in [5.41, 5.74) is 10.6. The van der Waals surface area contributed by atoms with Gasteiger partial charge < -0.3 is 20.0 Å². The van der Waals surface area contributed by atoms with Crippen molar-refractivity contribution in [3.8, 4) is 16.9 Å². The molecule has 6 nitrogen and oxygen atoms in total. The van der Waals surface area contributed by atoms with Gasteiger partial charge in [0.25, 0.3) is 0 Å². The maximum absolute atomic E-state index is 11.3. The summed E-state index contributed by atoms with van der Waals surface area (Å²) >= 11 is 0. The molecule has 156 valence electrons. The lowest BCUT2D eigenvalue weighted by atomic mass is 9.99. The number of para-hydroxylation sites is 1. The number of ether oxygens (including phenoxy) is 1. The molecular formula is C25H21NO5. The van der Waals surface area contributed by atoms with Crippen molar-refractivity contribution in [3.63, 3.8) is 0 Å². The predicted octanol–water partition coefficient (Wildman–Crippen LogP) is 4.58. The van der Waals surface area contributed by atoms with Crippen LogP contribution in [0.1, 0.15) is 27.2 Å². The number of carbonyl (C=O) groups is 2. The van der Waals surface area contributed by atoms with Crippen LogP contribution < -0.4 is 10.5 Å². The third kappa shape index (κ3) is 4.49. The fraction of sp³-hybridized carbons (Fsp3) is 0.120. The van der Waals surface area contributed by atoms with E-state index in [0.717, 1.165) is 27.6 Å². The second-order valence-electron chi connectivity index (χ2n) is 7.20. The number of carboxylic acid groups (broad SMARTS) is 1. The van der Waals surface area contributed by atoms with Gasteiger partial charge in [-0.15, -0.1) is 0 Å². The number of hydrogen-bond acceptors (Lipinski definition) is 5. The van der Waals surface area contributed by atoms with Crippen molar-refractivity contribution in [2.75, 3.05) is 0 Å². The molecule has 3 aromatic carbocycles. The Balaban J connectivity index is 1.72. The molecule has 0 saturated carbocycles. The van der Waals surface area contributed by atoms with Crippen LogP contribution in [-0.2, 0) is 24.4 Å². The molecule has 0 unspecified atom stereocenters. The summed E-state index contributed by atoms with van der Waals surface area (Å²) in [5.74, 6) is -0.145. The van der Waals surface area contributed by atoms with E-state index in [9.17, 15) is 9.59 Å². The maximum atomic E-state index is 11.3. The van der Waals surface area contributed by atoms with Crippen molar-refractivity contribution in [1.29, 1.82) is 0 Å². The van der Waals surface area contributed by atoms with Crippen LogP contribution in [0.3, 0.4) is 0 Å². The van der Waals surface area contributed by atoms with Gasteiger partial charge in [-0.05, 0) is 47.0 Å². The minimum absolute atomic E-state index is 0.114. The Bertz CT molecular complexity index is 1260. The molecule has 0 aliphatic carbocycles. The molecule has 0 spiro atoms. The molecule has 31 heavy (non-hydrogen) atoms. The molecule has 4 aromatic rings. The van der Waals surface area contributed by atoms with Crippen LogP contribution in [0.5, 0.6) is 5.75 Å². The number of aldehydes is 1. The summed E-state index contributed by atoms with van der Waals surface area (Å²) in [7, 11) is 0. The van der Waals surface area contributed by atoms with Gasteiger partial charge >= 0.3 is 5.97 Å². The van der Waals surface area contributed by atoms with Crippen molar-refractivity contribution >= 4 is 23.2 Å². The summed E-state index contributed by atoms with van der Waals surface area (Å²) in [5, 5.41) is 9.91. The molecule has 1 heterocycles. The molecule has 1 aromatic heterocycles. The van der Waals surface area contributed by atoms with E-state index in [1.54, 1.807) is 30.3 Å². The smallest absolute Gasteiger partial charge is 0.307 e. The standard InChI is InChI=1S/C25H21NO5/c26-13-16-4-3-6-18(8-16)22-10-17(9-20-11-21(14-27)31-25(20)22)15-30-23-7-2-1-5-19(23)12-24(28)29/h1-11,14H,12-13,15,26H2,(H,28,29). The molecular weight excluding hydrogens is 394 g/mol. The SMILES string of the molecule is NCc1cccc(-c2cc(COc3ccccc3CC(=O)O)cc3cc(C=O)oc23)c1. The van der Waals surface area contributed by atoms with E-state index in [-0.39, 0.29) is 18.8 Å². The minimum Gasteiger partial charge on any atom is -0.489 e. The Hall–Kier alpha value is -3.90. The first-order valence-electron chi connectivity index (χ1n) is 9.81. The summed E-state index contributed by atoms with van der Waals surface area (Å²) in [6.45, 7) is 0.648. The first-order chi connectivity index (χ1) is 15.1. The molecule has 0 atom stereocenters. The predicted molar refractivity (Wildman–Crippen MR) is 117 cm³/mol. The fourth-order valence-electron chi connectivity index (χ4n) is 3.57. The Morgan fingerprint density at radius 3 is 2.65 bits per heavy atom. The molecule has 0 saturated heterocycles. The van der Waals surface area contributed by atoms with Gasteiger partial charge in [0, 0.05) is 23.1 Å². The highest BCUT2D eigenvalue weighted by Crippen LogP contribution is 2.33. The first kappa shape index (κ1) is 20.4. The Morgan fingerprint density at radius 2 is 1.87 bits per heavy atom. The zero-order valence-corrected chi connectivity index (χ0v) is 16.7. The first-order valence-corrected chi connectivity index (χ1v) is 9.81. The van der Waals surface area contributed by atoms with Gasteiger partial charge in [0.05, 0.1) is 6.42 Å². The zero-order chi connectivity index (χ0) is 21.8. The van der Waals surface area contributed by atoms with E-state index in [4.69, 9.17) is 20.0 Å². The second kappa shape index (κ2) is 8.85. The zero-order valence-electron chi connectivity index (χ0n) is 16.7. The molecule has 6 heteroatoms. The van der Waals surface area contributed by atoms with E-state index < -0.39 is 5.97 Å². The van der Waals surface area contributed by atoms with Gasteiger partial charge in [-0.2, -0.15) is 0 Å². The maximum Gasteiger partial charge on any atom is 0.307 e. The van der Waals surface area contributed by atoms with Crippen LogP contribution in [0.25, 0.3) is 22.1 Å². The van der Waals surface area contributed by atoms with Gasteiger partial charge in [-0.1, -0.05) is 36.4 Å². The fourth-order valence-corrected chi connectivity index (χ4v) is 3.57. The topological polar surface area (TPSA) is 103 Å². The number of nitrogens with two attached hydrogens (primary N) is 1. The molecule has 0 radical (unpaired) electrons. The number of furan rings is 1. The second-order valence-corrected chi connectivity index (χ2v) is 7.20. The van der Waals surface area contributed by atoms with Crippen molar-refractivity contribution < 1.29 is 23.8 Å². The Labute approximate surface area is 178 Å². The Kier molecular flexibility index (Phi) is 5.82. The quantitative estimate of drug-likeness (QED) is 0.409. The molecule has 3 N–H and O–H groups in total. The van der Waals surface area contributed by atoms with E-state index in [2.05, 4.69) is 0 Å². The number of rotatable bonds is 8. The van der Waals surface area contributed by atoms with Gasteiger partial charge in [0.15, 0.2) is 12.0 Å². The Morgan fingerprint density at radius 1 is 1.03 bits per heavy atom. The van der Waals surface area contributed by atoms with E-state index in [1.165, 1.54) is 0 Å². The van der Waals surface area contributed by atoms with Crippen LogP contribution in [-0.4, -0.2) is 17.4 Å². The van der Waals surface area contributed by atoms with Gasteiger partial charge in [0.2, 0.25) is 0 Å². The van der Waals surface area contributed by atoms with E-state index >= 15 is 0 Å². The van der Waals surface area contributed by atoms with Crippen LogP contribution in [0.2, 0.25) is 0 Å². The summed E-state index contributed by atoms with van der Waals surface area (Å²) in [6, 6.07) is 20.5. The number of carboxylic acids is 1. The molecule has 4 rings (SSSR count). The molecule has 0 amide bonds. The van der Waals surface area contributed by atoms with Crippen LogP contribution in [0.4, 0.5) is 0 Å². The lowest BCUT2D eigenvalue weighted by Crippen LogP contribution is -2.04. The summed E-state index contributed by atoms with van der Waals surface area (Å²) in [6.07, 6.45) is 0.565. The third-order valence-electron chi connectivity index (χ3n) is 4.99. The van der Waals surface area contributed by atoms with Crippen LogP contribution in [0.15, 0.2) is 71.1 Å². The lowest BCUT2D eigenvalue weighted by Gasteiger charge is -2.12. The van der Waals surface area contributed by atoms with E-state index in [0.29, 0.717) is 29.7 Å². The summed E-state index contributed by atoms with van der Waals surface area (Å²) in [4.78, 5) is 22.4. The lowest BCUT2D eigenvalue weighted by molar-refractivity contribution is -0.136. The van der Waals surface area contributed by atoms with Crippen LogP contribution >= 0.6 is 0 Å². The molecule has 0 fully saturated rings. The number of hydrogen-bond donors (Lipinski definition) is 2. The van der Waals surface area contributed by atoms with Crippen molar-refractivity contribution in [3.05, 3.63) is 89.2 Å². The molecule has 0 aliphatic rings. The average molecular weight is 415 g/mol. The van der Waals surface area contributed by atoms with Crippen molar-refractivity contribution in [1.82, 2.24) is 0 Å². The largest absolute Gasteiger partial charge is 0.489 e. The summed E-state index contributed by atoms with van der Waals surface area (Å²) < 4.78 is 11.7. The van der Waals surface area contributed by atoms with Crippen LogP contribution in [0, 0.1) is 0 Å². The molecule has 0 bridgehead atoms. The number of carbonyl (C=O) groups excluding carboxylic acids is 1. The number of aliphatic carboxylic acids is 1. The number of fused-ring (bicyclic) bond motifs is 1. The highest BCUT2D eigenvalue weighted by atomic mass is 16.5. The monoisotopic (exact) mass is 415 g/mol. The van der Waals surface area contributed by atoms with Crippen molar-refractivity contribution in [2.24, 2.45) is 5.73 Å². The molecule has 0 aliphatic heterocycles. The number of benzene rings is 3. The third-order valence-corrected chi connectivity index (χ3v) is 4.99.